The summed E-state index contributed by atoms with van der Waals surface area (Å²) >= 11 is 0. The molecule has 4 atom stereocenters. The number of aryl methyl sites for hydroxylation is 2. The lowest BCUT2D eigenvalue weighted by Gasteiger charge is -2.39. The summed E-state index contributed by atoms with van der Waals surface area (Å²) in [6, 6.07) is 3.61. The third-order valence-corrected chi connectivity index (χ3v) is 5.97. The summed E-state index contributed by atoms with van der Waals surface area (Å²) in [6.07, 6.45) is 6.39. The third kappa shape index (κ3) is 1.94. The highest BCUT2D eigenvalue weighted by Crippen LogP contribution is 2.53. The van der Waals surface area contributed by atoms with E-state index in [0.717, 1.165) is 29.5 Å². The van der Waals surface area contributed by atoms with Crippen LogP contribution in [0.5, 0.6) is 5.75 Å². The molecule has 2 fully saturated rings. The van der Waals surface area contributed by atoms with Crippen LogP contribution in [0.2, 0.25) is 0 Å². The normalized spacial score (nSPS) is 34.8. The second kappa shape index (κ2) is 5.03. The number of hydrogen-bond donors (Lipinski definition) is 1. The Bertz CT molecular complexity index is 681. The van der Waals surface area contributed by atoms with Crippen molar-refractivity contribution in [1.82, 2.24) is 0 Å². The fourth-order valence-electron chi connectivity index (χ4n) is 5.04. The molecule has 1 aromatic rings. The molecule has 4 aliphatic carbocycles. The van der Waals surface area contributed by atoms with Crippen LogP contribution in [-0.2, 0) is 9.59 Å². The standard InChI is InChI=1S/C19H21NO3/c1-9-7-13(23-20)8-10(2)14(9)17-18(21)15-11-3-4-12(6-5-11)16(15)19(17)22/h3-4,7-8,11-12,15-17H,5-6,20H2,1-2H3. The molecule has 0 saturated heterocycles. The zero-order valence-corrected chi connectivity index (χ0v) is 13.4. The molecule has 4 nitrogen and oxygen atoms in total. The van der Waals surface area contributed by atoms with Crippen molar-refractivity contribution >= 4 is 11.6 Å². The Hall–Kier alpha value is -1.94. The molecule has 4 aliphatic rings. The SMILES string of the molecule is Cc1cc(ON)cc(C)c1C1C(=O)C2C3C=CC(CC3)C2C1=O. The van der Waals surface area contributed by atoms with E-state index in [-0.39, 0.29) is 35.2 Å². The van der Waals surface area contributed by atoms with Crippen LogP contribution >= 0.6 is 0 Å². The first kappa shape index (κ1) is 14.6. The number of carbonyl (C=O) groups excluding carboxylic acids is 2. The van der Waals surface area contributed by atoms with Crippen molar-refractivity contribution in [3.8, 4) is 5.75 Å². The number of ketones is 2. The third-order valence-electron chi connectivity index (χ3n) is 5.97. The Morgan fingerprint density at radius 1 is 0.957 bits per heavy atom. The van der Waals surface area contributed by atoms with E-state index in [4.69, 9.17) is 10.7 Å². The highest BCUT2D eigenvalue weighted by atomic mass is 16.6. The van der Waals surface area contributed by atoms with E-state index in [0.29, 0.717) is 5.75 Å². The van der Waals surface area contributed by atoms with Crippen molar-refractivity contribution in [2.75, 3.05) is 0 Å². The lowest BCUT2D eigenvalue weighted by molar-refractivity contribution is -0.125. The van der Waals surface area contributed by atoms with Crippen molar-refractivity contribution in [1.29, 1.82) is 0 Å². The van der Waals surface area contributed by atoms with Gasteiger partial charge in [-0.25, -0.2) is 0 Å². The van der Waals surface area contributed by atoms with E-state index >= 15 is 0 Å². The molecule has 120 valence electrons. The molecule has 2 saturated carbocycles. The van der Waals surface area contributed by atoms with E-state index in [9.17, 15) is 9.59 Å². The van der Waals surface area contributed by atoms with Gasteiger partial charge in [-0.15, -0.1) is 0 Å². The summed E-state index contributed by atoms with van der Waals surface area (Å²) in [5, 5.41) is 0. The van der Waals surface area contributed by atoms with Gasteiger partial charge < -0.3 is 4.84 Å². The lowest BCUT2D eigenvalue weighted by atomic mass is 9.63. The fraction of sp³-hybridized carbons (Fsp3) is 0.474. The fourth-order valence-corrected chi connectivity index (χ4v) is 5.04. The maximum atomic E-state index is 13.1. The zero-order valence-electron chi connectivity index (χ0n) is 13.4. The molecule has 5 rings (SSSR count). The average Bonchev–Trinajstić information content (AvgIpc) is 2.82. The summed E-state index contributed by atoms with van der Waals surface area (Å²) in [5.41, 5.74) is 2.65. The Morgan fingerprint density at radius 2 is 1.43 bits per heavy atom. The Labute approximate surface area is 135 Å². The molecular weight excluding hydrogens is 290 g/mol. The Kier molecular flexibility index (Phi) is 3.20. The second-order valence-electron chi connectivity index (χ2n) is 7.17. The summed E-state index contributed by atoms with van der Waals surface area (Å²) in [6.45, 7) is 3.83. The number of fused-ring (bicyclic) bond motifs is 1. The molecular formula is C19H21NO3. The Balaban J connectivity index is 1.80. The molecule has 23 heavy (non-hydrogen) atoms. The van der Waals surface area contributed by atoms with Crippen LogP contribution in [-0.4, -0.2) is 11.6 Å². The maximum absolute atomic E-state index is 13.1. The van der Waals surface area contributed by atoms with E-state index < -0.39 is 5.92 Å². The molecule has 2 bridgehead atoms. The summed E-state index contributed by atoms with van der Waals surface area (Å²) in [4.78, 5) is 31.0. The van der Waals surface area contributed by atoms with Gasteiger partial charge in [0.1, 0.15) is 11.7 Å². The van der Waals surface area contributed by atoms with Gasteiger partial charge in [0.25, 0.3) is 0 Å². The molecule has 0 amide bonds. The van der Waals surface area contributed by atoms with Crippen LogP contribution < -0.4 is 10.7 Å². The number of hydrogen-bond acceptors (Lipinski definition) is 4. The second-order valence-corrected chi connectivity index (χ2v) is 7.17. The van der Waals surface area contributed by atoms with Crippen molar-refractivity contribution in [3.63, 3.8) is 0 Å². The van der Waals surface area contributed by atoms with Gasteiger partial charge in [0.2, 0.25) is 0 Å². The van der Waals surface area contributed by atoms with Crippen molar-refractivity contribution in [2.45, 2.75) is 32.6 Å². The van der Waals surface area contributed by atoms with E-state index in [1.165, 1.54) is 0 Å². The molecule has 0 heterocycles. The number of nitrogens with two attached hydrogens (primary N) is 1. The zero-order chi connectivity index (χ0) is 16.3. The Morgan fingerprint density at radius 3 is 1.83 bits per heavy atom. The van der Waals surface area contributed by atoms with Gasteiger partial charge in [-0.3, -0.25) is 9.59 Å². The van der Waals surface area contributed by atoms with Crippen LogP contribution in [0.15, 0.2) is 24.3 Å². The van der Waals surface area contributed by atoms with Gasteiger partial charge in [0.05, 0.1) is 0 Å². The van der Waals surface area contributed by atoms with Crippen LogP contribution in [0.4, 0.5) is 0 Å². The molecule has 0 aromatic heterocycles. The number of rotatable bonds is 2. The van der Waals surface area contributed by atoms with Crippen LogP contribution in [0.1, 0.15) is 35.4 Å². The molecule has 2 N–H and O–H groups in total. The van der Waals surface area contributed by atoms with Crippen molar-refractivity contribution in [2.24, 2.45) is 29.6 Å². The van der Waals surface area contributed by atoms with E-state index in [1.54, 1.807) is 12.1 Å². The number of Topliss-reactive ketones (excluding diaryl/α,β-unsaturated/α-hetero) is 2. The van der Waals surface area contributed by atoms with Gasteiger partial charge >= 0.3 is 0 Å². The molecule has 4 unspecified atom stereocenters. The van der Waals surface area contributed by atoms with Gasteiger partial charge in [0, 0.05) is 11.8 Å². The summed E-state index contributed by atoms with van der Waals surface area (Å²) in [7, 11) is 0. The minimum atomic E-state index is -0.611. The monoisotopic (exact) mass is 311 g/mol. The summed E-state index contributed by atoms with van der Waals surface area (Å²) < 4.78 is 0. The first-order chi connectivity index (χ1) is 11.0. The predicted molar refractivity (Wildman–Crippen MR) is 85.8 cm³/mol. The van der Waals surface area contributed by atoms with Gasteiger partial charge in [0.15, 0.2) is 11.6 Å². The minimum absolute atomic E-state index is 0.111. The molecule has 0 aliphatic heterocycles. The molecule has 4 heteroatoms. The predicted octanol–water partition coefficient (Wildman–Crippen LogP) is 2.62. The van der Waals surface area contributed by atoms with Crippen molar-refractivity contribution < 1.29 is 14.4 Å². The summed E-state index contributed by atoms with van der Waals surface area (Å²) in [5.74, 6) is 5.70. The number of carbonyl (C=O) groups is 2. The highest BCUT2D eigenvalue weighted by Gasteiger charge is 2.57. The number of benzene rings is 1. The van der Waals surface area contributed by atoms with Crippen molar-refractivity contribution in [3.05, 3.63) is 41.0 Å². The molecule has 1 aromatic carbocycles. The van der Waals surface area contributed by atoms with Gasteiger partial charge in [-0.1, -0.05) is 12.2 Å². The molecule has 0 spiro atoms. The van der Waals surface area contributed by atoms with Crippen LogP contribution in [0, 0.1) is 37.5 Å². The first-order valence-corrected chi connectivity index (χ1v) is 8.26. The first-order valence-electron chi connectivity index (χ1n) is 8.26. The molecule has 0 radical (unpaired) electrons. The topological polar surface area (TPSA) is 69.4 Å². The van der Waals surface area contributed by atoms with Gasteiger partial charge in [-0.2, -0.15) is 5.90 Å². The average molecular weight is 311 g/mol. The minimum Gasteiger partial charge on any atom is -0.412 e. The van der Waals surface area contributed by atoms with Crippen LogP contribution in [0.3, 0.4) is 0 Å². The van der Waals surface area contributed by atoms with Crippen LogP contribution in [0.25, 0.3) is 0 Å². The largest absolute Gasteiger partial charge is 0.412 e. The number of allylic oxidation sites excluding steroid dienone is 2. The lowest BCUT2D eigenvalue weighted by Crippen LogP contribution is -2.38. The maximum Gasteiger partial charge on any atom is 0.152 e. The van der Waals surface area contributed by atoms with E-state index in [2.05, 4.69) is 12.2 Å². The quantitative estimate of drug-likeness (QED) is 0.518. The smallest absolute Gasteiger partial charge is 0.152 e. The van der Waals surface area contributed by atoms with E-state index in [1.807, 2.05) is 13.8 Å². The van der Waals surface area contributed by atoms with Gasteiger partial charge in [-0.05, 0) is 67.3 Å². The highest BCUT2D eigenvalue weighted by molar-refractivity contribution is 6.16.